The summed E-state index contributed by atoms with van der Waals surface area (Å²) >= 11 is 0. The van der Waals surface area contributed by atoms with Crippen LogP contribution in [0.15, 0.2) is 91.0 Å². The van der Waals surface area contributed by atoms with Gasteiger partial charge in [0.15, 0.2) is 0 Å². The van der Waals surface area contributed by atoms with Crippen molar-refractivity contribution in [2.45, 2.75) is 56.9 Å². The lowest BCUT2D eigenvalue weighted by atomic mass is 9.66. The minimum atomic E-state index is -0.707. The van der Waals surface area contributed by atoms with Gasteiger partial charge in [0, 0.05) is 18.5 Å². The first kappa shape index (κ1) is 28.1. The molecule has 0 saturated carbocycles. The van der Waals surface area contributed by atoms with E-state index in [1.807, 2.05) is 61.5 Å². The molecule has 3 aromatic rings. The molecule has 5 heteroatoms. The highest BCUT2D eigenvalue weighted by Crippen LogP contribution is 2.48. The van der Waals surface area contributed by atoms with Crippen molar-refractivity contribution >= 4 is 11.9 Å². The molecular weight excluding hydrogens is 496 g/mol. The molecule has 5 nitrogen and oxygen atoms in total. The quantitative estimate of drug-likeness (QED) is 0.322. The fourth-order valence-electron chi connectivity index (χ4n) is 7.03. The zero-order chi connectivity index (χ0) is 28.2. The van der Waals surface area contributed by atoms with Gasteiger partial charge in [0.25, 0.3) is 0 Å². The maximum Gasteiger partial charge on any atom is 0.316 e. The molecule has 2 aliphatic heterocycles. The fraction of sp³-hybridized carbons (Fsp3) is 0.429. The van der Waals surface area contributed by atoms with Crippen molar-refractivity contribution in [3.05, 3.63) is 108 Å². The molecule has 1 atom stereocenters. The van der Waals surface area contributed by atoms with Crippen molar-refractivity contribution in [2.75, 3.05) is 32.8 Å². The second-order valence-corrected chi connectivity index (χ2v) is 11.6. The van der Waals surface area contributed by atoms with Crippen molar-refractivity contribution in [1.29, 1.82) is 0 Å². The van der Waals surface area contributed by atoms with Gasteiger partial charge in [0.05, 0.1) is 12.0 Å². The van der Waals surface area contributed by atoms with Crippen LogP contribution in [0.25, 0.3) is 0 Å². The number of benzene rings is 3. The van der Waals surface area contributed by atoms with Crippen molar-refractivity contribution in [2.24, 2.45) is 5.92 Å². The minimum Gasteiger partial charge on any atom is -0.465 e. The van der Waals surface area contributed by atoms with Gasteiger partial charge in [-0.1, -0.05) is 91.0 Å². The maximum absolute atomic E-state index is 14.4. The Balaban J connectivity index is 1.40. The van der Waals surface area contributed by atoms with Crippen molar-refractivity contribution < 1.29 is 14.3 Å². The number of rotatable bonds is 9. The van der Waals surface area contributed by atoms with Gasteiger partial charge in [0.1, 0.15) is 5.41 Å². The summed E-state index contributed by atoms with van der Waals surface area (Å²) in [5, 5.41) is 0. The van der Waals surface area contributed by atoms with Gasteiger partial charge in [-0.15, -0.1) is 0 Å². The Bertz CT molecular complexity index is 1230. The van der Waals surface area contributed by atoms with Crippen LogP contribution in [-0.2, 0) is 25.2 Å². The molecule has 0 radical (unpaired) electrons. The van der Waals surface area contributed by atoms with Crippen LogP contribution in [0.3, 0.4) is 0 Å². The normalized spacial score (nSPS) is 20.6. The van der Waals surface area contributed by atoms with E-state index in [4.69, 9.17) is 4.74 Å². The lowest BCUT2D eigenvalue weighted by Gasteiger charge is -2.41. The van der Waals surface area contributed by atoms with Crippen LogP contribution in [0.2, 0.25) is 0 Å². The van der Waals surface area contributed by atoms with Crippen LogP contribution in [0.4, 0.5) is 0 Å². The second kappa shape index (κ2) is 12.0. The molecule has 0 spiro atoms. The SMILES string of the molecule is CCOC(=O)C1(c2ccccc2)CCN(CCC2CN(C(C)C)C(=O)C2(c2ccccc2)c2ccccc2)CC1. The van der Waals surface area contributed by atoms with E-state index >= 15 is 0 Å². The van der Waals surface area contributed by atoms with Crippen LogP contribution in [0.1, 0.15) is 56.7 Å². The number of amides is 1. The topological polar surface area (TPSA) is 49.9 Å². The van der Waals surface area contributed by atoms with Gasteiger partial charge in [-0.25, -0.2) is 0 Å². The van der Waals surface area contributed by atoms with Gasteiger partial charge >= 0.3 is 5.97 Å². The van der Waals surface area contributed by atoms with Gasteiger partial charge in [0.2, 0.25) is 5.91 Å². The standard InChI is InChI=1S/C35H42N2O3/c1-4-40-33(39)34(28-14-8-5-9-15-28)21-24-36(25-22-34)23-20-31-26-37(27(2)3)32(38)35(31,29-16-10-6-11-17-29)30-18-12-7-13-19-30/h5-19,27,31H,4,20-26H2,1-3H3. The summed E-state index contributed by atoms with van der Waals surface area (Å²) in [6.07, 6.45) is 2.37. The first-order chi connectivity index (χ1) is 19.4. The van der Waals surface area contributed by atoms with Gasteiger partial charge in [-0.05, 0) is 76.4 Å². The molecule has 2 fully saturated rings. The summed E-state index contributed by atoms with van der Waals surface area (Å²) in [5.74, 6) is 0.231. The third-order valence-corrected chi connectivity index (χ3v) is 9.21. The zero-order valence-corrected chi connectivity index (χ0v) is 24.1. The number of ether oxygens (including phenoxy) is 1. The molecule has 0 aromatic heterocycles. The molecule has 2 saturated heterocycles. The molecule has 1 amide bonds. The molecule has 40 heavy (non-hydrogen) atoms. The van der Waals surface area contributed by atoms with E-state index in [2.05, 4.69) is 60.0 Å². The van der Waals surface area contributed by atoms with Crippen molar-refractivity contribution in [1.82, 2.24) is 9.80 Å². The van der Waals surface area contributed by atoms with E-state index in [0.717, 1.165) is 62.1 Å². The van der Waals surface area contributed by atoms with Crippen LogP contribution in [-0.4, -0.2) is 60.5 Å². The number of hydrogen-bond acceptors (Lipinski definition) is 4. The average Bonchev–Trinajstić information content (AvgIpc) is 3.30. The van der Waals surface area contributed by atoms with E-state index < -0.39 is 10.8 Å². The molecule has 0 N–H and O–H groups in total. The van der Waals surface area contributed by atoms with Crippen molar-refractivity contribution in [3.63, 3.8) is 0 Å². The lowest BCUT2D eigenvalue weighted by molar-refractivity contribution is -0.152. The first-order valence-corrected chi connectivity index (χ1v) is 14.8. The fourth-order valence-corrected chi connectivity index (χ4v) is 7.03. The predicted molar refractivity (Wildman–Crippen MR) is 159 cm³/mol. The van der Waals surface area contributed by atoms with Crippen molar-refractivity contribution in [3.8, 4) is 0 Å². The molecule has 2 heterocycles. The Labute approximate surface area is 239 Å². The number of esters is 1. The minimum absolute atomic E-state index is 0.109. The Morgan fingerprint density at radius 2 is 1.35 bits per heavy atom. The molecule has 0 bridgehead atoms. The van der Waals surface area contributed by atoms with Crippen LogP contribution < -0.4 is 0 Å². The van der Waals surface area contributed by atoms with E-state index in [1.165, 1.54) is 0 Å². The van der Waals surface area contributed by atoms with Crippen LogP contribution in [0.5, 0.6) is 0 Å². The van der Waals surface area contributed by atoms with Gasteiger partial charge in [-0.2, -0.15) is 0 Å². The molecule has 0 aliphatic carbocycles. The zero-order valence-electron chi connectivity index (χ0n) is 24.1. The molecule has 3 aromatic carbocycles. The Hall–Kier alpha value is -3.44. The highest BCUT2D eigenvalue weighted by molar-refractivity contribution is 5.95. The second-order valence-electron chi connectivity index (χ2n) is 11.6. The van der Waals surface area contributed by atoms with Crippen LogP contribution in [0, 0.1) is 5.92 Å². The van der Waals surface area contributed by atoms with Gasteiger partial charge in [-0.3, -0.25) is 9.59 Å². The van der Waals surface area contributed by atoms with E-state index in [1.54, 1.807) is 0 Å². The molecule has 210 valence electrons. The molecule has 5 rings (SSSR count). The number of carbonyl (C=O) groups excluding carboxylic acids is 2. The summed E-state index contributed by atoms with van der Waals surface area (Å²) in [6, 6.07) is 31.0. The summed E-state index contributed by atoms with van der Waals surface area (Å²) in [5.41, 5.74) is 1.89. The molecule has 1 unspecified atom stereocenters. The summed E-state index contributed by atoms with van der Waals surface area (Å²) in [6.45, 7) is 9.78. The maximum atomic E-state index is 14.4. The average molecular weight is 539 g/mol. The number of piperidine rings is 1. The highest BCUT2D eigenvalue weighted by Gasteiger charge is 2.56. The van der Waals surface area contributed by atoms with E-state index in [9.17, 15) is 9.59 Å². The number of carbonyl (C=O) groups is 2. The lowest BCUT2D eigenvalue weighted by Crippen LogP contribution is -2.49. The molecule has 2 aliphatic rings. The number of nitrogens with zero attached hydrogens (tertiary/aromatic N) is 2. The summed E-state index contributed by atoms with van der Waals surface area (Å²) < 4.78 is 5.59. The molecular formula is C35H42N2O3. The van der Waals surface area contributed by atoms with E-state index in [-0.39, 0.29) is 23.8 Å². The Kier molecular flexibility index (Phi) is 8.41. The summed E-state index contributed by atoms with van der Waals surface area (Å²) in [4.78, 5) is 32.2. The first-order valence-electron chi connectivity index (χ1n) is 14.8. The highest BCUT2D eigenvalue weighted by atomic mass is 16.5. The Morgan fingerprint density at radius 3 is 1.82 bits per heavy atom. The summed E-state index contributed by atoms with van der Waals surface area (Å²) in [7, 11) is 0. The monoisotopic (exact) mass is 538 g/mol. The number of likely N-dealkylation sites (tertiary alicyclic amines) is 2. The largest absolute Gasteiger partial charge is 0.465 e. The number of hydrogen-bond donors (Lipinski definition) is 0. The van der Waals surface area contributed by atoms with E-state index in [0.29, 0.717) is 6.61 Å². The third-order valence-electron chi connectivity index (χ3n) is 9.21. The van der Waals surface area contributed by atoms with Crippen LogP contribution >= 0.6 is 0 Å². The Morgan fingerprint density at radius 1 is 0.850 bits per heavy atom. The predicted octanol–water partition coefficient (Wildman–Crippen LogP) is 5.83. The van der Waals surface area contributed by atoms with Gasteiger partial charge < -0.3 is 14.5 Å². The third kappa shape index (κ3) is 4.96. The smallest absolute Gasteiger partial charge is 0.316 e.